The molecule has 11 heteroatoms. The van der Waals surface area contributed by atoms with Crippen LogP contribution in [0.2, 0.25) is 10.0 Å². The molecule has 1 aromatic heterocycles. The molecule has 9 nitrogen and oxygen atoms in total. The molecule has 0 fully saturated rings. The molecule has 3 N–H and O–H groups in total. The van der Waals surface area contributed by atoms with E-state index in [1.807, 2.05) is 42.5 Å². The first-order chi connectivity index (χ1) is 18.9. The van der Waals surface area contributed by atoms with Gasteiger partial charge in [0.25, 0.3) is 5.91 Å². The summed E-state index contributed by atoms with van der Waals surface area (Å²) in [5.74, 6) is -0.717. The van der Waals surface area contributed by atoms with Gasteiger partial charge in [0.2, 0.25) is 5.91 Å². The van der Waals surface area contributed by atoms with Crippen LogP contribution in [0.3, 0.4) is 0 Å². The molecule has 0 spiro atoms. The third-order valence-corrected chi connectivity index (χ3v) is 6.44. The molecule has 39 heavy (non-hydrogen) atoms. The summed E-state index contributed by atoms with van der Waals surface area (Å²) >= 11 is 12.1. The van der Waals surface area contributed by atoms with E-state index in [-0.39, 0.29) is 29.9 Å². The zero-order chi connectivity index (χ0) is 27.4. The van der Waals surface area contributed by atoms with Crippen LogP contribution in [0.15, 0.2) is 90.2 Å². The molecule has 0 radical (unpaired) electrons. The molecule has 2 amide bonds. The molecule has 4 aromatic rings. The summed E-state index contributed by atoms with van der Waals surface area (Å²) in [7, 11) is 0. The Bertz CT molecular complexity index is 1530. The van der Waals surface area contributed by atoms with Crippen molar-refractivity contribution in [1.29, 1.82) is 0 Å². The summed E-state index contributed by atoms with van der Waals surface area (Å²) in [6.45, 7) is 0.0443. The minimum atomic E-state index is -0.679. The first-order valence-electron chi connectivity index (χ1n) is 11.9. The van der Waals surface area contributed by atoms with Gasteiger partial charge in [0, 0.05) is 22.2 Å². The van der Waals surface area contributed by atoms with Crippen LogP contribution < -0.4 is 20.8 Å². The fraction of sp³-hybridized carbons (Fsp3) is 0.107. The van der Waals surface area contributed by atoms with Crippen LogP contribution >= 0.6 is 23.2 Å². The van der Waals surface area contributed by atoms with Crippen LogP contribution in [0.5, 0.6) is 11.8 Å². The van der Waals surface area contributed by atoms with Gasteiger partial charge in [0.05, 0.1) is 18.8 Å². The number of rotatable bonds is 8. The summed E-state index contributed by atoms with van der Waals surface area (Å²) in [6.07, 6.45) is 1.33. The third kappa shape index (κ3) is 6.17. The Morgan fingerprint density at radius 3 is 2.31 bits per heavy atom. The van der Waals surface area contributed by atoms with Gasteiger partial charge in [-0.25, -0.2) is 9.99 Å². The van der Waals surface area contributed by atoms with Gasteiger partial charge in [-0.2, -0.15) is 10.1 Å². The van der Waals surface area contributed by atoms with Crippen LogP contribution in [0.1, 0.15) is 27.4 Å². The molecule has 0 saturated carbocycles. The van der Waals surface area contributed by atoms with E-state index in [9.17, 15) is 9.59 Å². The molecular formula is C28H22Cl2N6O3. The Kier molecular flexibility index (Phi) is 7.72. The Hall–Kier alpha value is -4.47. The minimum absolute atomic E-state index is 0.00479. The fourth-order valence-corrected chi connectivity index (χ4v) is 4.35. The molecule has 3 aromatic carbocycles. The van der Waals surface area contributed by atoms with Crippen molar-refractivity contribution in [2.45, 2.75) is 5.92 Å². The summed E-state index contributed by atoms with van der Waals surface area (Å²) in [4.78, 5) is 33.1. The van der Waals surface area contributed by atoms with Gasteiger partial charge in [-0.05, 0) is 47.5 Å². The standard InChI is InChI=1S/C28H22Cl2N6O3/c29-19-8-6-18(7-9-19)25-23(17-4-2-1-3-5-17)16-36(35-25)26-22(27(38)32-15-24(31)37)14-33-28(34-26)39-21-12-10-20(30)11-13-21/h1-14,23H,15-16H2,(H2,31,37)(H,32,38). The predicted octanol–water partition coefficient (Wildman–Crippen LogP) is 4.80. The van der Waals surface area contributed by atoms with Gasteiger partial charge in [0.1, 0.15) is 11.3 Å². The lowest BCUT2D eigenvalue weighted by atomic mass is 9.91. The first-order valence-corrected chi connectivity index (χ1v) is 12.7. The number of nitrogens with zero attached hydrogens (tertiary/aromatic N) is 4. The maximum Gasteiger partial charge on any atom is 0.324 e. The number of hydrogen-bond acceptors (Lipinski definition) is 7. The Morgan fingerprint density at radius 1 is 0.974 bits per heavy atom. The summed E-state index contributed by atoms with van der Waals surface area (Å²) in [5, 5.41) is 10.2. The smallest absolute Gasteiger partial charge is 0.324 e. The maximum atomic E-state index is 13.0. The number of carbonyl (C=O) groups is 2. The van der Waals surface area contributed by atoms with Crippen molar-refractivity contribution in [2.75, 3.05) is 18.1 Å². The lowest BCUT2D eigenvalue weighted by molar-refractivity contribution is -0.117. The lowest BCUT2D eigenvalue weighted by Gasteiger charge is -2.19. The van der Waals surface area contributed by atoms with Crippen molar-refractivity contribution < 1.29 is 14.3 Å². The number of primary amides is 1. The van der Waals surface area contributed by atoms with E-state index in [1.165, 1.54) is 6.20 Å². The largest absolute Gasteiger partial charge is 0.424 e. The van der Waals surface area contributed by atoms with E-state index in [0.717, 1.165) is 16.8 Å². The van der Waals surface area contributed by atoms with Crippen molar-refractivity contribution in [3.63, 3.8) is 0 Å². The van der Waals surface area contributed by atoms with Gasteiger partial charge in [-0.15, -0.1) is 0 Å². The highest BCUT2D eigenvalue weighted by Gasteiger charge is 2.33. The monoisotopic (exact) mass is 560 g/mol. The Morgan fingerprint density at radius 2 is 1.64 bits per heavy atom. The molecule has 1 aliphatic rings. The lowest BCUT2D eigenvalue weighted by Crippen LogP contribution is -2.34. The van der Waals surface area contributed by atoms with E-state index in [1.54, 1.807) is 41.4 Å². The molecule has 0 bridgehead atoms. The van der Waals surface area contributed by atoms with Crippen molar-refractivity contribution >= 4 is 46.5 Å². The van der Waals surface area contributed by atoms with E-state index < -0.39 is 11.8 Å². The van der Waals surface area contributed by atoms with Crippen LogP contribution in [-0.2, 0) is 4.79 Å². The second kappa shape index (κ2) is 11.5. The number of aromatic nitrogens is 2. The number of carbonyl (C=O) groups excluding carboxylic acids is 2. The third-order valence-electron chi connectivity index (χ3n) is 5.94. The Balaban J connectivity index is 1.56. The molecule has 5 rings (SSSR count). The molecule has 0 aliphatic carbocycles. The van der Waals surface area contributed by atoms with Gasteiger partial charge < -0.3 is 15.8 Å². The van der Waals surface area contributed by atoms with Crippen molar-refractivity contribution in [3.8, 4) is 11.8 Å². The maximum absolute atomic E-state index is 13.0. The number of nitrogens with one attached hydrogen (secondary N) is 1. The van der Waals surface area contributed by atoms with Gasteiger partial charge in [0.15, 0.2) is 5.82 Å². The number of anilines is 1. The average Bonchev–Trinajstić information content (AvgIpc) is 3.39. The van der Waals surface area contributed by atoms with E-state index in [2.05, 4.69) is 15.3 Å². The molecule has 2 heterocycles. The summed E-state index contributed by atoms with van der Waals surface area (Å²) < 4.78 is 5.83. The zero-order valence-corrected chi connectivity index (χ0v) is 21.9. The highest BCUT2D eigenvalue weighted by molar-refractivity contribution is 6.31. The normalized spacial score (nSPS) is 14.6. The summed E-state index contributed by atoms with van der Waals surface area (Å²) in [5.41, 5.74) is 8.02. The zero-order valence-electron chi connectivity index (χ0n) is 20.4. The van der Waals surface area contributed by atoms with Crippen molar-refractivity contribution in [3.05, 3.63) is 112 Å². The van der Waals surface area contributed by atoms with Crippen LogP contribution in [0.25, 0.3) is 0 Å². The van der Waals surface area contributed by atoms with E-state index in [4.69, 9.17) is 38.8 Å². The summed E-state index contributed by atoms with van der Waals surface area (Å²) in [6, 6.07) is 24.0. The predicted molar refractivity (Wildman–Crippen MR) is 150 cm³/mol. The number of halogens is 2. The van der Waals surface area contributed by atoms with E-state index in [0.29, 0.717) is 22.3 Å². The van der Waals surface area contributed by atoms with Crippen LogP contribution in [0.4, 0.5) is 5.82 Å². The van der Waals surface area contributed by atoms with Gasteiger partial charge in [-0.3, -0.25) is 9.59 Å². The second-order valence-corrected chi connectivity index (χ2v) is 9.51. The molecule has 0 saturated heterocycles. The number of hydrazone groups is 1. The number of nitrogens with two attached hydrogens (primary N) is 1. The van der Waals surface area contributed by atoms with Crippen LogP contribution in [-0.4, -0.2) is 40.6 Å². The van der Waals surface area contributed by atoms with Crippen LogP contribution in [0, 0.1) is 0 Å². The fourth-order valence-electron chi connectivity index (χ4n) is 4.10. The van der Waals surface area contributed by atoms with E-state index >= 15 is 0 Å². The highest BCUT2D eigenvalue weighted by atomic mass is 35.5. The molecular weight excluding hydrogens is 539 g/mol. The number of amides is 2. The average molecular weight is 561 g/mol. The van der Waals surface area contributed by atoms with Crippen molar-refractivity contribution in [1.82, 2.24) is 15.3 Å². The number of benzene rings is 3. The van der Waals surface area contributed by atoms with Gasteiger partial charge >= 0.3 is 6.01 Å². The first kappa shape index (κ1) is 26.1. The SMILES string of the molecule is NC(=O)CNC(=O)c1cnc(Oc2ccc(Cl)cc2)nc1N1CC(c2ccccc2)C(c2ccc(Cl)cc2)=N1. The second-order valence-electron chi connectivity index (χ2n) is 8.63. The molecule has 1 atom stereocenters. The number of ether oxygens (including phenoxy) is 1. The molecule has 1 aliphatic heterocycles. The molecule has 1 unspecified atom stereocenters. The quantitative estimate of drug-likeness (QED) is 0.319. The highest BCUT2D eigenvalue weighted by Crippen LogP contribution is 2.34. The minimum Gasteiger partial charge on any atom is -0.424 e. The molecule has 196 valence electrons. The number of hydrogen-bond donors (Lipinski definition) is 2. The Labute approximate surface area is 234 Å². The topological polar surface area (TPSA) is 123 Å². The van der Waals surface area contributed by atoms with Crippen molar-refractivity contribution in [2.24, 2.45) is 10.8 Å². The van der Waals surface area contributed by atoms with Gasteiger partial charge in [-0.1, -0.05) is 65.7 Å².